The van der Waals surface area contributed by atoms with Crippen LogP contribution in [0.25, 0.3) is 0 Å². The highest BCUT2D eigenvalue weighted by Gasteiger charge is 2.22. The minimum Gasteiger partial charge on any atom is -0.368 e. The molecule has 1 saturated heterocycles. The molecule has 34 valence electrons. The quantitative estimate of drug-likeness (QED) is 0.340. The van der Waals surface area contributed by atoms with Gasteiger partial charge >= 0.3 is 0 Å². The second-order valence-corrected chi connectivity index (χ2v) is 1.67. The zero-order valence-electron chi connectivity index (χ0n) is 3.90. The maximum atomic E-state index is 4.87. The molecule has 0 unspecified atom stereocenters. The van der Waals surface area contributed by atoms with Crippen LogP contribution in [0.3, 0.4) is 0 Å². The fourth-order valence-corrected chi connectivity index (χ4v) is 0.333. The predicted octanol–water partition coefficient (Wildman–Crippen LogP) is 0.961. The Balaban J connectivity index is 2.31. The normalized spacial score (nSPS) is 29.8. The third-order valence-corrected chi connectivity index (χ3v) is 0.883. The van der Waals surface area contributed by atoms with Crippen LogP contribution in [0.1, 0.15) is 6.92 Å². The van der Waals surface area contributed by atoms with Crippen molar-refractivity contribution in [2.75, 3.05) is 6.61 Å². The highest BCUT2D eigenvalue weighted by Crippen LogP contribution is 2.15. The molecule has 0 bridgehead atoms. The van der Waals surface area contributed by atoms with Crippen molar-refractivity contribution in [3.8, 4) is 0 Å². The minimum absolute atomic E-state index is 0.407. The van der Waals surface area contributed by atoms with E-state index in [1.807, 2.05) is 6.92 Å². The van der Waals surface area contributed by atoms with Gasteiger partial charge in [0.15, 0.2) is 0 Å². The molecule has 1 heterocycles. The van der Waals surface area contributed by atoms with E-state index in [-0.39, 0.29) is 0 Å². The Hall–Kier alpha value is -0.300. The Kier molecular flexibility index (Phi) is 0.701. The van der Waals surface area contributed by atoms with Crippen molar-refractivity contribution in [1.82, 2.24) is 0 Å². The number of ether oxygens (including phenoxy) is 1. The van der Waals surface area contributed by atoms with Crippen molar-refractivity contribution >= 4 is 0 Å². The smallest absolute Gasteiger partial charge is 0.101 e. The van der Waals surface area contributed by atoms with Crippen LogP contribution in [-0.2, 0) is 4.74 Å². The summed E-state index contributed by atoms with van der Waals surface area (Å²) in [7, 11) is 0. The van der Waals surface area contributed by atoms with Crippen molar-refractivity contribution in [2.24, 2.45) is 0 Å². The second-order valence-electron chi connectivity index (χ2n) is 1.67. The van der Waals surface area contributed by atoms with E-state index in [9.17, 15) is 0 Å². The van der Waals surface area contributed by atoms with Crippen molar-refractivity contribution in [2.45, 2.75) is 13.0 Å². The van der Waals surface area contributed by atoms with Gasteiger partial charge in [-0.05, 0) is 12.5 Å². The van der Waals surface area contributed by atoms with E-state index in [1.165, 1.54) is 0 Å². The molecule has 1 fully saturated rings. The first kappa shape index (κ1) is 3.88. The van der Waals surface area contributed by atoms with Gasteiger partial charge in [0, 0.05) is 0 Å². The van der Waals surface area contributed by atoms with Crippen LogP contribution in [0, 0.1) is 0 Å². The number of epoxide rings is 1. The van der Waals surface area contributed by atoms with E-state index < -0.39 is 0 Å². The molecule has 0 aromatic heterocycles. The predicted molar refractivity (Wildman–Crippen MR) is 24.6 cm³/mol. The summed E-state index contributed by atoms with van der Waals surface area (Å²) >= 11 is 0. The SMILES string of the molecule is C=C(C)[C@@H]1CO1. The van der Waals surface area contributed by atoms with Crippen molar-refractivity contribution in [3.63, 3.8) is 0 Å². The fraction of sp³-hybridized carbons (Fsp3) is 0.600. The standard InChI is InChI=1S/C5H8O/c1-4(2)5-3-6-5/h5H,1,3H2,2H3/t5-/m0/s1. The van der Waals surface area contributed by atoms with Crippen molar-refractivity contribution < 1.29 is 4.74 Å². The fourth-order valence-electron chi connectivity index (χ4n) is 0.333. The Labute approximate surface area is 37.6 Å². The van der Waals surface area contributed by atoms with E-state index in [0.29, 0.717) is 6.10 Å². The molecule has 0 amide bonds. The average Bonchev–Trinajstić information content (AvgIpc) is 2.06. The summed E-state index contributed by atoms with van der Waals surface area (Å²) in [6, 6.07) is 0. The number of rotatable bonds is 1. The molecule has 6 heavy (non-hydrogen) atoms. The van der Waals surface area contributed by atoms with Crippen LogP contribution in [0.5, 0.6) is 0 Å². The van der Waals surface area contributed by atoms with Gasteiger partial charge in [0.25, 0.3) is 0 Å². The molecular formula is C5H8O. The van der Waals surface area contributed by atoms with Crippen LogP contribution in [-0.4, -0.2) is 12.7 Å². The summed E-state index contributed by atoms with van der Waals surface area (Å²) in [6.07, 6.45) is 0.407. The van der Waals surface area contributed by atoms with Gasteiger partial charge in [0.1, 0.15) is 6.10 Å². The van der Waals surface area contributed by atoms with Crippen LogP contribution in [0.2, 0.25) is 0 Å². The summed E-state index contributed by atoms with van der Waals surface area (Å²) < 4.78 is 4.87. The van der Waals surface area contributed by atoms with Gasteiger partial charge in [-0.1, -0.05) is 6.58 Å². The summed E-state index contributed by atoms with van der Waals surface area (Å²) in [5.74, 6) is 0. The third-order valence-electron chi connectivity index (χ3n) is 0.883. The van der Waals surface area contributed by atoms with Gasteiger partial charge in [-0.15, -0.1) is 0 Å². The van der Waals surface area contributed by atoms with Crippen LogP contribution < -0.4 is 0 Å². The first-order valence-electron chi connectivity index (χ1n) is 2.07. The summed E-state index contributed by atoms with van der Waals surface area (Å²) in [5, 5.41) is 0. The second kappa shape index (κ2) is 1.09. The van der Waals surface area contributed by atoms with Gasteiger partial charge in [-0.3, -0.25) is 0 Å². The first-order valence-corrected chi connectivity index (χ1v) is 2.07. The van der Waals surface area contributed by atoms with Gasteiger partial charge < -0.3 is 4.74 Å². The molecule has 0 spiro atoms. The molecule has 0 saturated carbocycles. The molecule has 0 aliphatic carbocycles. The highest BCUT2D eigenvalue weighted by molar-refractivity contribution is 5.03. The van der Waals surface area contributed by atoms with Crippen molar-refractivity contribution in [3.05, 3.63) is 12.2 Å². The first-order chi connectivity index (χ1) is 2.80. The van der Waals surface area contributed by atoms with E-state index in [1.54, 1.807) is 0 Å². The minimum atomic E-state index is 0.407. The molecule has 1 heteroatoms. The monoisotopic (exact) mass is 84.1 g/mol. The molecule has 0 aromatic rings. The highest BCUT2D eigenvalue weighted by atomic mass is 16.6. The number of hydrogen-bond acceptors (Lipinski definition) is 1. The molecule has 0 radical (unpaired) electrons. The molecule has 1 atom stereocenters. The molecule has 1 nitrogen and oxygen atoms in total. The van der Waals surface area contributed by atoms with Gasteiger partial charge in [-0.2, -0.15) is 0 Å². The van der Waals surface area contributed by atoms with E-state index in [0.717, 1.165) is 12.2 Å². The maximum Gasteiger partial charge on any atom is 0.101 e. The van der Waals surface area contributed by atoms with Crippen molar-refractivity contribution in [1.29, 1.82) is 0 Å². The van der Waals surface area contributed by atoms with Gasteiger partial charge in [0.2, 0.25) is 0 Å². The summed E-state index contributed by atoms with van der Waals surface area (Å²) in [5.41, 5.74) is 1.15. The van der Waals surface area contributed by atoms with E-state index in [2.05, 4.69) is 6.58 Å². The molecule has 0 aromatic carbocycles. The molecule has 0 N–H and O–H groups in total. The lowest BCUT2D eigenvalue weighted by molar-refractivity contribution is 0.432. The van der Waals surface area contributed by atoms with Crippen LogP contribution >= 0.6 is 0 Å². The lowest BCUT2D eigenvalue weighted by Crippen LogP contribution is -1.80. The van der Waals surface area contributed by atoms with Gasteiger partial charge in [-0.25, -0.2) is 0 Å². The lowest BCUT2D eigenvalue weighted by atomic mass is 10.3. The summed E-state index contributed by atoms with van der Waals surface area (Å²) in [4.78, 5) is 0. The van der Waals surface area contributed by atoms with Crippen LogP contribution in [0.4, 0.5) is 0 Å². The largest absolute Gasteiger partial charge is 0.368 e. The average molecular weight is 84.1 g/mol. The summed E-state index contributed by atoms with van der Waals surface area (Å²) in [6.45, 7) is 6.57. The molecule has 1 aliphatic heterocycles. The Bertz CT molecular complexity index is 72.0. The molecule has 1 rings (SSSR count). The van der Waals surface area contributed by atoms with Gasteiger partial charge in [0.05, 0.1) is 6.61 Å². The molecular weight excluding hydrogens is 76.1 g/mol. The number of hydrogen-bond donors (Lipinski definition) is 0. The zero-order valence-corrected chi connectivity index (χ0v) is 3.90. The topological polar surface area (TPSA) is 12.5 Å². The Morgan fingerprint density at radius 3 is 2.50 bits per heavy atom. The Morgan fingerprint density at radius 1 is 2.00 bits per heavy atom. The van der Waals surface area contributed by atoms with E-state index >= 15 is 0 Å². The van der Waals surface area contributed by atoms with E-state index in [4.69, 9.17) is 4.74 Å². The third kappa shape index (κ3) is 0.601. The maximum absolute atomic E-state index is 4.87. The Morgan fingerprint density at radius 2 is 2.50 bits per heavy atom. The lowest BCUT2D eigenvalue weighted by Gasteiger charge is -1.80. The van der Waals surface area contributed by atoms with Crippen LogP contribution in [0.15, 0.2) is 12.2 Å². The zero-order chi connectivity index (χ0) is 4.57. The molecule has 1 aliphatic rings.